The molecule has 2 nitrogen and oxygen atoms in total. The van der Waals surface area contributed by atoms with E-state index in [1.807, 2.05) is 12.4 Å². The van der Waals surface area contributed by atoms with Gasteiger partial charge in [0, 0.05) is 18.8 Å². The number of benzene rings is 1. The summed E-state index contributed by atoms with van der Waals surface area (Å²) < 4.78 is 0. The van der Waals surface area contributed by atoms with Crippen molar-refractivity contribution < 1.29 is 0 Å². The molecule has 0 aliphatic rings. The van der Waals surface area contributed by atoms with Crippen molar-refractivity contribution in [3.63, 3.8) is 0 Å². The van der Waals surface area contributed by atoms with Crippen molar-refractivity contribution >= 4 is 0 Å². The van der Waals surface area contributed by atoms with E-state index in [0.717, 1.165) is 18.7 Å². The Balaban J connectivity index is 2.22. The number of aromatic amines is 1. The Morgan fingerprint density at radius 1 is 1.05 bits per heavy atom. The molecule has 0 bridgehead atoms. The Morgan fingerprint density at radius 3 is 2.16 bits per heavy atom. The third kappa shape index (κ3) is 3.25. The van der Waals surface area contributed by atoms with Gasteiger partial charge in [0.05, 0.1) is 0 Å². The van der Waals surface area contributed by atoms with Gasteiger partial charge in [0.15, 0.2) is 0 Å². The molecule has 0 saturated heterocycles. The van der Waals surface area contributed by atoms with Gasteiger partial charge in [-0.1, -0.05) is 32.9 Å². The van der Waals surface area contributed by atoms with Crippen LogP contribution in [0.2, 0.25) is 0 Å². The van der Waals surface area contributed by atoms with Crippen molar-refractivity contribution in [2.45, 2.75) is 52.9 Å². The Bertz CT molecular complexity index is 522. The van der Waals surface area contributed by atoms with Crippen LogP contribution in [-0.4, -0.2) is 9.97 Å². The summed E-state index contributed by atoms with van der Waals surface area (Å²) in [5.74, 6) is 1.07. The van der Waals surface area contributed by atoms with Crippen LogP contribution in [0, 0.1) is 13.8 Å². The Kier molecular flexibility index (Phi) is 3.79. The monoisotopic (exact) mass is 256 g/mol. The van der Waals surface area contributed by atoms with E-state index in [0.29, 0.717) is 0 Å². The second kappa shape index (κ2) is 5.20. The first-order chi connectivity index (χ1) is 8.88. The lowest BCUT2D eigenvalue weighted by Gasteiger charge is -2.22. The fourth-order valence-electron chi connectivity index (χ4n) is 2.50. The second-order valence-electron chi connectivity index (χ2n) is 6.37. The number of hydrogen-bond donors (Lipinski definition) is 1. The van der Waals surface area contributed by atoms with E-state index in [4.69, 9.17) is 0 Å². The van der Waals surface area contributed by atoms with Crippen LogP contribution < -0.4 is 0 Å². The molecule has 19 heavy (non-hydrogen) atoms. The average Bonchev–Trinajstić information content (AvgIpc) is 2.79. The normalized spacial score (nSPS) is 11.8. The lowest BCUT2D eigenvalue weighted by atomic mass is 9.83. The second-order valence-corrected chi connectivity index (χ2v) is 6.37. The van der Waals surface area contributed by atoms with E-state index in [9.17, 15) is 0 Å². The van der Waals surface area contributed by atoms with Crippen LogP contribution in [0.25, 0.3) is 0 Å². The van der Waals surface area contributed by atoms with Crippen LogP contribution in [0.3, 0.4) is 0 Å². The van der Waals surface area contributed by atoms with Crippen molar-refractivity contribution in [3.8, 4) is 0 Å². The van der Waals surface area contributed by atoms with E-state index in [-0.39, 0.29) is 5.41 Å². The predicted octanol–water partition coefficient (Wildman–Crippen LogP) is 4.11. The van der Waals surface area contributed by atoms with E-state index in [2.05, 4.69) is 56.7 Å². The minimum absolute atomic E-state index is 0.217. The largest absolute Gasteiger partial charge is 0.349 e. The van der Waals surface area contributed by atoms with Crippen molar-refractivity contribution in [1.29, 1.82) is 0 Å². The highest BCUT2D eigenvalue weighted by Crippen LogP contribution is 2.27. The molecule has 0 fully saturated rings. The van der Waals surface area contributed by atoms with Gasteiger partial charge in [-0.25, -0.2) is 4.98 Å². The lowest BCUT2D eigenvalue weighted by molar-refractivity contribution is 0.588. The van der Waals surface area contributed by atoms with Crippen LogP contribution in [0.15, 0.2) is 24.5 Å². The van der Waals surface area contributed by atoms with Crippen molar-refractivity contribution in [2.75, 3.05) is 0 Å². The van der Waals surface area contributed by atoms with Gasteiger partial charge >= 0.3 is 0 Å². The third-order valence-corrected chi connectivity index (χ3v) is 3.73. The topological polar surface area (TPSA) is 28.7 Å². The zero-order valence-corrected chi connectivity index (χ0v) is 12.7. The van der Waals surface area contributed by atoms with E-state index >= 15 is 0 Å². The molecule has 0 aliphatic carbocycles. The number of imidazole rings is 1. The number of hydrogen-bond acceptors (Lipinski definition) is 1. The fraction of sp³-hybridized carbons (Fsp3) is 0.471. The third-order valence-electron chi connectivity index (χ3n) is 3.73. The molecule has 102 valence electrons. The van der Waals surface area contributed by atoms with Gasteiger partial charge in [-0.3, -0.25) is 0 Å². The molecule has 1 aromatic heterocycles. The van der Waals surface area contributed by atoms with E-state index in [1.165, 1.54) is 22.3 Å². The predicted molar refractivity (Wildman–Crippen MR) is 80.6 cm³/mol. The van der Waals surface area contributed by atoms with Gasteiger partial charge in [0.25, 0.3) is 0 Å². The summed E-state index contributed by atoms with van der Waals surface area (Å²) in [4.78, 5) is 7.46. The van der Waals surface area contributed by atoms with Crippen LogP contribution >= 0.6 is 0 Å². The average molecular weight is 256 g/mol. The summed E-state index contributed by atoms with van der Waals surface area (Å²) in [5, 5.41) is 0. The molecule has 0 amide bonds. The first-order valence-electron chi connectivity index (χ1n) is 6.97. The molecular weight excluding hydrogens is 232 g/mol. The molecular formula is C17H24N2. The molecule has 1 N–H and O–H groups in total. The minimum Gasteiger partial charge on any atom is -0.349 e. The maximum absolute atomic E-state index is 4.29. The number of aromatic nitrogens is 2. The summed E-state index contributed by atoms with van der Waals surface area (Å²) in [6.45, 7) is 11.2. The maximum atomic E-state index is 4.29. The summed E-state index contributed by atoms with van der Waals surface area (Å²) in [7, 11) is 0. The number of aryl methyl sites for hydroxylation is 3. The quantitative estimate of drug-likeness (QED) is 0.879. The zero-order chi connectivity index (χ0) is 14.0. The Labute approximate surface area is 116 Å². The summed E-state index contributed by atoms with van der Waals surface area (Å²) in [5.41, 5.74) is 5.90. The summed E-state index contributed by atoms with van der Waals surface area (Å²) in [6, 6.07) is 4.68. The maximum Gasteiger partial charge on any atom is 0.106 e. The lowest BCUT2D eigenvalue weighted by Crippen LogP contribution is -2.12. The standard InChI is InChI=1S/C17H24N2/c1-12-10-14(17(3,4)5)11-13(2)15(12)6-7-16-18-8-9-19-16/h8-11H,6-7H2,1-5H3,(H,18,19). The zero-order valence-electron chi connectivity index (χ0n) is 12.7. The Morgan fingerprint density at radius 2 is 1.68 bits per heavy atom. The van der Waals surface area contributed by atoms with Gasteiger partial charge in [-0.2, -0.15) is 0 Å². The van der Waals surface area contributed by atoms with Gasteiger partial charge in [-0.15, -0.1) is 0 Å². The first kappa shape index (κ1) is 13.9. The molecule has 2 heteroatoms. The van der Waals surface area contributed by atoms with E-state index in [1.54, 1.807) is 0 Å². The van der Waals surface area contributed by atoms with E-state index < -0.39 is 0 Å². The molecule has 2 aromatic rings. The molecule has 0 unspecified atom stereocenters. The van der Waals surface area contributed by atoms with Crippen LogP contribution in [-0.2, 0) is 18.3 Å². The molecule has 0 spiro atoms. The molecule has 0 aliphatic heterocycles. The number of H-pyrrole nitrogens is 1. The minimum atomic E-state index is 0.217. The van der Waals surface area contributed by atoms with Gasteiger partial charge in [-0.05, 0) is 47.9 Å². The van der Waals surface area contributed by atoms with Gasteiger partial charge in [0.2, 0.25) is 0 Å². The number of rotatable bonds is 3. The van der Waals surface area contributed by atoms with Crippen LogP contribution in [0.5, 0.6) is 0 Å². The first-order valence-corrected chi connectivity index (χ1v) is 6.97. The highest BCUT2D eigenvalue weighted by Gasteiger charge is 2.16. The number of nitrogens with zero attached hydrogens (tertiary/aromatic N) is 1. The highest BCUT2D eigenvalue weighted by molar-refractivity contribution is 5.40. The molecule has 0 radical (unpaired) electrons. The molecule has 0 atom stereocenters. The Hall–Kier alpha value is -1.57. The molecule has 0 saturated carbocycles. The highest BCUT2D eigenvalue weighted by atomic mass is 14.9. The molecule has 1 aromatic carbocycles. The fourth-order valence-corrected chi connectivity index (χ4v) is 2.50. The van der Waals surface area contributed by atoms with Crippen LogP contribution in [0.1, 0.15) is 48.8 Å². The van der Waals surface area contributed by atoms with Crippen molar-refractivity contribution in [1.82, 2.24) is 9.97 Å². The SMILES string of the molecule is Cc1cc(C(C)(C)C)cc(C)c1CCc1ncc[nH]1. The molecule has 1 heterocycles. The van der Waals surface area contributed by atoms with Crippen LogP contribution in [0.4, 0.5) is 0 Å². The van der Waals surface area contributed by atoms with Gasteiger partial charge in [0.1, 0.15) is 5.82 Å². The summed E-state index contributed by atoms with van der Waals surface area (Å²) in [6.07, 6.45) is 5.73. The summed E-state index contributed by atoms with van der Waals surface area (Å²) >= 11 is 0. The number of nitrogens with one attached hydrogen (secondary N) is 1. The van der Waals surface area contributed by atoms with Crippen molar-refractivity contribution in [3.05, 3.63) is 52.6 Å². The van der Waals surface area contributed by atoms with Gasteiger partial charge < -0.3 is 4.98 Å². The smallest absolute Gasteiger partial charge is 0.106 e. The van der Waals surface area contributed by atoms with Crippen molar-refractivity contribution in [2.24, 2.45) is 0 Å². The molecule has 2 rings (SSSR count).